The number of nitrogens with one attached hydrogen (secondary N) is 2. The van der Waals surface area contributed by atoms with Gasteiger partial charge in [0, 0.05) is 35.6 Å². The Morgan fingerprint density at radius 3 is 2.40 bits per heavy atom. The molecule has 1 heterocycles. The molecule has 1 aliphatic carbocycles. The molecule has 0 aliphatic heterocycles. The highest BCUT2D eigenvalue weighted by Gasteiger charge is 2.30. The van der Waals surface area contributed by atoms with Crippen molar-refractivity contribution >= 4 is 22.7 Å². The van der Waals surface area contributed by atoms with Crippen molar-refractivity contribution in [1.82, 2.24) is 10.3 Å². The van der Waals surface area contributed by atoms with Gasteiger partial charge >= 0.3 is 6.09 Å². The monoisotopic (exact) mass is 704 g/mol. The van der Waals surface area contributed by atoms with Gasteiger partial charge in [-0.05, 0) is 110 Å². The van der Waals surface area contributed by atoms with Crippen LogP contribution in [0.3, 0.4) is 0 Å². The average molecular weight is 705 g/mol. The van der Waals surface area contributed by atoms with Crippen molar-refractivity contribution in [3.8, 4) is 22.6 Å². The molecule has 10 heteroatoms. The number of hydrogen-bond donors (Lipinski definition) is 6. The Morgan fingerprint density at radius 2 is 1.65 bits per heavy atom. The Morgan fingerprint density at radius 1 is 0.904 bits per heavy atom. The van der Waals surface area contributed by atoms with Gasteiger partial charge in [-0.3, -0.25) is 9.69 Å². The molecule has 0 unspecified atom stereocenters. The molecule has 5 aromatic rings. The van der Waals surface area contributed by atoms with Gasteiger partial charge in [0.05, 0.1) is 23.9 Å². The maximum atomic E-state index is 12.7. The molecule has 7 N–H and O–H groups in total. The number of H-pyrrole nitrogens is 1. The summed E-state index contributed by atoms with van der Waals surface area (Å²) in [5, 5.41) is 35.2. The second kappa shape index (κ2) is 17.4. The van der Waals surface area contributed by atoms with Crippen molar-refractivity contribution in [2.75, 3.05) is 24.6 Å². The number of hydrogen-bond acceptors (Lipinski definition) is 7. The zero-order valence-electron chi connectivity index (χ0n) is 29.3. The number of nitrogens with zero attached hydrogens (tertiary/aromatic N) is 1. The molecule has 0 bridgehead atoms. The number of pyridine rings is 1. The number of rotatable bonds is 15. The van der Waals surface area contributed by atoms with Crippen LogP contribution in [0.15, 0.2) is 102 Å². The number of anilines is 1. The largest absolute Gasteiger partial charge is 0.506 e. The maximum Gasteiger partial charge on any atom is 0.412 e. The topological polar surface area (TPSA) is 161 Å². The Kier molecular flexibility index (Phi) is 12.2. The summed E-state index contributed by atoms with van der Waals surface area (Å²) in [5.41, 5.74) is 11.7. The number of fused-ring (bicyclic) bond motifs is 1. The van der Waals surface area contributed by atoms with Gasteiger partial charge in [-0.25, -0.2) is 4.79 Å². The third-order valence-corrected chi connectivity index (χ3v) is 9.96. The van der Waals surface area contributed by atoms with Gasteiger partial charge in [0.1, 0.15) is 11.5 Å². The number of aromatic nitrogens is 1. The number of aromatic amines is 1. The molecule has 10 nitrogen and oxygen atoms in total. The van der Waals surface area contributed by atoms with Crippen molar-refractivity contribution in [3.05, 3.63) is 124 Å². The van der Waals surface area contributed by atoms with Crippen LogP contribution in [0.4, 0.5) is 10.5 Å². The SMILES string of the molecule is N[C@H]1CC[C@H](N(C(=O)O)c2cc(CCCCOc3ccc(CCNC[C@H](O)c4ccc(O)c5[nH]c(=O)ccc45)cc3)ccc2-c2ccccc2)CC1. The van der Waals surface area contributed by atoms with E-state index in [0.29, 0.717) is 36.2 Å². The molecule has 0 spiro atoms. The number of aliphatic hydroxyl groups excluding tert-OH is 1. The predicted octanol–water partition coefficient (Wildman–Crippen LogP) is 6.92. The molecule has 1 aromatic heterocycles. The molecule has 4 aromatic carbocycles. The van der Waals surface area contributed by atoms with Gasteiger partial charge in [0.25, 0.3) is 0 Å². The molecule has 1 amide bonds. The van der Waals surface area contributed by atoms with E-state index in [1.807, 2.05) is 54.6 Å². The van der Waals surface area contributed by atoms with E-state index in [4.69, 9.17) is 10.5 Å². The molecule has 1 aliphatic rings. The van der Waals surface area contributed by atoms with Crippen LogP contribution in [0.25, 0.3) is 22.0 Å². The lowest BCUT2D eigenvalue weighted by Crippen LogP contribution is -2.44. The first kappa shape index (κ1) is 36.6. The van der Waals surface area contributed by atoms with E-state index >= 15 is 0 Å². The number of unbranched alkanes of at least 4 members (excludes halogenated alkanes) is 1. The summed E-state index contributed by atoms with van der Waals surface area (Å²) in [4.78, 5) is 28.6. The number of aryl methyl sites for hydroxylation is 1. The Hall–Kier alpha value is -5.16. The van der Waals surface area contributed by atoms with Crippen LogP contribution in [0, 0.1) is 0 Å². The summed E-state index contributed by atoms with van der Waals surface area (Å²) in [6, 6.07) is 30.4. The number of carbonyl (C=O) groups is 1. The molecular weight excluding hydrogens is 656 g/mol. The molecule has 6 rings (SSSR count). The van der Waals surface area contributed by atoms with Crippen LogP contribution >= 0.6 is 0 Å². The summed E-state index contributed by atoms with van der Waals surface area (Å²) >= 11 is 0. The Labute approximate surface area is 303 Å². The fourth-order valence-electron chi connectivity index (χ4n) is 7.11. The van der Waals surface area contributed by atoms with Crippen molar-refractivity contribution in [1.29, 1.82) is 0 Å². The van der Waals surface area contributed by atoms with Crippen molar-refractivity contribution in [2.45, 2.75) is 69.6 Å². The zero-order chi connectivity index (χ0) is 36.5. The lowest BCUT2D eigenvalue weighted by atomic mass is 9.89. The van der Waals surface area contributed by atoms with E-state index in [9.17, 15) is 24.9 Å². The van der Waals surface area contributed by atoms with E-state index in [1.165, 1.54) is 12.1 Å². The smallest absolute Gasteiger partial charge is 0.412 e. The highest BCUT2D eigenvalue weighted by Crippen LogP contribution is 2.36. The third-order valence-electron chi connectivity index (χ3n) is 9.96. The summed E-state index contributed by atoms with van der Waals surface area (Å²) in [7, 11) is 0. The molecule has 1 atom stereocenters. The number of phenolic OH excluding ortho intramolecular Hbond substituents is 1. The number of phenols is 1. The zero-order valence-corrected chi connectivity index (χ0v) is 29.3. The number of carboxylic acid groups (broad SMARTS) is 1. The highest BCUT2D eigenvalue weighted by atomic mass is 16.5. The van der Waals surface area contributed by atoms with Crippen molar-refractivity contribution in [2.24, 2.45) is 5.73 Å². The average Bonchev–Trinajstić information content (AvgIpc) is 3.15. The minimum atomic E-state index is -0.927. The Bertz CT molecular complexity index is 1990. The molecular formula is C42H48N4O6. The maximum absolute atomic E-state index is 12.7. The molecule has 1 saturated carbocycles. The third kappa shape index (κ3) is 9.19. The van der Waals surface area contributed by atoms with Crippen LogP contribution in [-0.4, -0.2) is 58.2 Å². The van der Waals surface area contributed by atoms with E-state index in [2.05, 4.69) is 28.5 Å². The summed E-state index contributed by atoms with van der Waals surface area (Å²) < 4.78 is 6.03. The molecule has 52 heavy (non-hydrogen) atoms. The van der Waals surface area contributed by atoms with Gasteiger partial charge in [-0.1, -0.05) is 60.7 Å². The second-order valence-corrected chi connectivity index (χ2v) is 13.6. The van der Waals surface area contributed by atoms with Crippen LogP contribution in [0.2, 0.25) is 0 Å². The van der Waals surface area contributed by atoms with Crippen molar-refractivity contribution in [3.63, 3.8) is 0 Å². The van der Waals surface area contributed by atoms with Gasteiger partial charge < -0.3 is 36.1 Å². The first-order chi connectivity index (χ1) is 25.3. The van der Waals surface area contributed by atoms with Crippen LogP contribution < -0.4 is 26.2 Å². The normalized spacial score (nSPS) is 16.4. The number of ether oxygens (including phenoxy) is 1. The lowest BCUT2D eigenvalue weighted by Gasteiger charge is -2.35. The van der Waals surface area contributed by atoms with Crippen LogP contribution in [-0.2, 0) is 12.8 Å². The van der Waals surface area contributed by atoms with Crippen LogP contribution in [0.1, 0.15) is 61.3 Å². The van der Waals surface area contributed by atoms with E-state index in [-0.39, 0.29) is 23.4 Å². The summed E-state index contributed by atoms with van der Waals surface area (Å²) in [6.45, 7) is 1.57. The molecule has 272 valence electrons. The first-order valence-corrected chi connectivity index (χ1v) is 18.2. The Balaban J connectivity index is 0.968. The molecule has 1 fully saturated rings. The van der Waals surface area contributed by atoms with Gasteiger partial charge in [0.2, 0.25) is 5.56 Å². The summed E-state index contributed by atoms with van der Waals surface area (Å²) in [6.07, 6.45) is 4.80. The minimum absolute atomic E-state index is 0.0325. The van der Waals surface area contributed by atoms with Gasteiger partial charge in [0.15, 0.2) is 0 Å². The fraction of sp³-hybridized carbons (Fsp3) is 0.333. The van der Waals surface area contributed by atoms with E-state index < -0.39 is 12.2 Å². The predicted molar refractivity (Wildman–Crippen MR) is 205 cm³/mol. The van der Waals surface area contributed by atoms with Crippen molar-refractivity contribution < 1.29 is 24.9 Å². The summed E-state index contributed by atoms with van der Waals surface area (Å²) in [5.74, 6) is 0.776. The quantitative estimate of drug-likeness (QED) is 0.0641. The minimum Gasteiger partial charge on any atom is -0.506 e. The first-order valence-electron chi connectivity index (χ1n) is 18.2. The highest BCUT2D eigenvalue weighted by molar-refractivity contribution is 5.94. The lowest BCUT2D eigenvalue weighted by molar-refractivity contribution is 0.176. The number of aromatic hydroxyl groups is 1. The van der Waals surface area contributed by atoms with Gasteiger partial charge in [-0.2, -0.15) is 0 Å². The standard InChI is InChI=1S/C42H48N4O6/c43-31-12-14-32(15-13-31)46(42(50)51)37-26-29(11-18-34(37)30-7-2-1-3-8-30)6-4-5-25-52-33-16-9-28(10-17-33)23-24-44-27-39(48)35-19-21-38(47)41-36(35)20-22-40(49)45-41/h1-3,7-11,16-22,26,31-32,39,44,47-48H,4-6,12-15,23-25,27,43H2,(H,45,49)(H,50,51)/t31-,32-,39-/m0/s1. The molecule has 0 radical (unpaired) electrons. The molecule has 0 saturated heterocycles. The van der Waals surface area contributed by atoms with E-state index in [1.54, 1.807) is 17.0 Å². The van der Waals surface area contributed by atoms with Crippen LogP contribution in [0.5, 0.6) is 11.5 Å². The second-order valence-electron chi connectivity index (χ2n) is 13.6. The number of nitrogens with two attached hydrogens (primary N) is 1. The number of benzene rings is 4. The van der Waals surface area contributed by atoms with Gasteiger partial charge in [-0.15, -0.1) is 0 Å². The van der Waals surface area contributed by atoms with E-state index in [0.717, 1.165) is 85.1 Å². The fourth-order valence-corrected chi connectivity index (χ4v) is 7.11. The number of amides is 1. The number of aliphatic hydroxyl groups is 1.